The maximum Gasteiger partial charge on any atom is 0.228 e. The fourth-order valence-corrected chi connectivity index (χ4v) is 2.95. The van der Waals surface area contributed by atoms with Gasteiger partial charge >= 0.3 is 0 Å². The lowest BCUT2D eigenvalue weighted by molar-refractivity contribution is -0.0501. The van der Waals surface area contributed by atoms with Crippen molar-refractivity contribution < 1.29 is 20.1 Å². The summed E-state index contributed by atoms with van der Waals surface area (Å²) >= 11 is 0. The first-order valence-electron chi connectivity index (χ1n) is 8.41. The molecule has 6 N–H and O–H groups in total. The second-order valence-corrected chi connectivity index (χ2v) is 6.09. The molecule has 0 bridgehead atoms. The minimum atomic E-state index is -1.33. The van der Waals surface area contributed by atoms with Gasteiger partial charge in [-0.3, -0.25) is 9.55 Å². The standard InChI is InChI=1S/C16H18N8O4/c17-13-10-14(20-7-19-13)24(15-12(27)11(26)9(6-25)28-15)16(22-10)23-21-5-8-3-1-2-4-18-8/h1-5,7,9,11-12,15,25-27H,6H2,(H,22,23)(H2,17,19,20). The third-order valence-electron chi connectivity index (χ3n) is 4.33. The lowest BCUT2D eigenvalue weighted by atomic mass is 10.1. The Balaban J connectivity index is 1.73. The Hall–Kier alpha value is -3.19. The molecule has 12 nitrogen and oxygen atoms in total. The summed E-state index contributed by atoms with van der Waals surface area (Å²) in [5.41, 5.74) is 9.79. The van der Waals surface area contributed by atoms with Crippen LogP contribution in [0.3, 0.4) is 0 Å². The van der Waals surface area contributed by atoms with Crippen molar-refractivity contribution in [1.82, 2.24) is 24.5 Å². The predicted molar refractivity (Wildman–Crippen MR) is 98.2 cm³/mol. The van der Waals surface area contributed by atoms with Gasteiger partial charge < -0.3 is 25.8 Å². The summed E-state index contributed by atoms with van der Waals surface area (Å²) in [5, 5.41) is 33.9. The number of hydrogen-bond acceptors (Lipinski definition) is 11. The van der Waals surface area contributed by atoms with Crippen LogP contribution in [0.1, 0.15) is 11.9 Å². The quantitative estimate of drug-likeness (QED) is 0.266. The summed E-state index contributed by atoms with van der Waals surface area (Å²) in [5.74, 6) is 0.288. The molecule has 3 aromatic rings. The van der Waals surface area contributed by atoms with Gasteiger partial charge in [0.25, 0.3) is 0 Å². The highest BCUT2D eigenvalue weighted by atomic mass is 16.6. The van der Waals surface area contributed by atoms with Crippen LogP contribution in [0.25, 0.3) is 11.2 Å². The average molecular weight is 386 g/mol. The van der Waals surface area contributed by atoms with Crippen molar-refractivity contribution >= 4 is 29.1 Å². The number of nitrogens with zero attached hydrogens (tertiary/aromatic N) is 6. The molecule has 4 atom stereocenters. The molecule has 4 unspecified atom stereocenters. The largest absolute Gasteiger partial charge is 0.394 e. The number of nitrogen functional groups attached to an aromatic ring is 1. The van der Waals surface area contributed by atoms with E-state index in [2.05, 4.69) is 30.5 Å². The number of aliphatic hydroxyl groups is 3. The Kier molecular flexibility index (Phi) is 4.83. The zero-order valence-corrected chi connectivity index (χ0v) is 14.5. The van der Waals surface area contributed by atoms with Crippen molar-refractivity contribution in [2.75, 3.05) is 17.8 Å². The van der Waals surface area contributed by atoms with Crippen LogP contribution in [0.15, 0.2) is 35.8 Å². The van der Waals surface area contributed by atoms with Crippen LogP contribution in [-0.4, -0.2) is 71.0 Å². The number of hydrazone groups is 1. The molecule has 1 saturated heterocycles. The molecule has 0 aliphatic carbocycles. The fraction of sp³-hybridized carbons (Fsp3) is 0.312. The SMILES string of the molecule is Nc1ncnc2c1nc(NN=Cc1ccccn1)n2C1OC(CO)C(O)C1O. The molecule has 0 spiro atoms. The van der Waals surface area contributed by atoms with Crippen molar-refractivity contribution in [1.29, 1.82) is 0 Å². The fourth-order valence-electron chi connectivity index (χ4n) is 2.95. The van der Waals surface area contributed by atoms with E-state index >= 15 is 0 Å². The van der Waals surface area contributed by atoms with Gasteiger partial charge in [-0.05, 0) is 12.1 Å². The van der Waals surface area contributed by atoms with E-state index < -0.39 is 31.1 Å². The summed E-state index contributed by atoms with van der Waals surface area (Å²) in [6, 6.07) is 5.37. The number of nitrogens with two attached hydrogens (primary N) is 1. The Morgan fingerprint density at radius 2 is 2.11 bits per heavy atom. The Morgan fingerprint density at radius 3 is 2.82 bits per heavy atom. The molecule has 1 aliphatic rings. The third-order valence-corrected chi connectivity index (χ3v) is 4.33. The van der Waals surface area contributed by atoms with Gasteiger partial charge in [-0.2, -0.15) is 5.10 Å². The first-order chi connectivity index (χ1) is 13.6. The molecule has 146 valence electrons. The van der Waals surface area contributed by atoms with E-state index in [9.17, 15) is 15.3 Å². The number of fused-ring (bicyclic) bond motifs is 1. The zero-order chi connectivity index (χ0) is 19.7. The van der Waals surface area contributed by atoms with E-state index in [0.717, 1.165) is 0 Å². The van der Waals surface area contributed by atoms with Crippen molar-refractivity contribution in [2.24, 2.45) is 5.10 Å². The minimum Gasteiger partial charge on any atom is -0.394 e. The number of anilines is 2. The van der Waals surface area contributed by atoms with Crippen molar-refractivity contribution in [3.8, 4) is 0 Å². The zero-order valence-electron chi connectivity index (χ0n) is 14.5. The number of hydrogen-bond donors (Lipinski definition) is 5. The highest BCUT2D eigenvalue weighted by molar-refractivity contribution is 5.84. The highest BCUT2D eigenvalue weighted by Crippen LogP contribution is 2.35. The monoisotopic (exact) mass is 386 g/mol. The molecule has 0 saturated carbocycles. The molecule has 4 rings (SSSR count). The molecule has 28 heavy (non-hydrogen) atoms. The Bertz CT molecular complexity index is 995. The topological polar surface area (TPSA) is 177 Å². The maximum atomic E-state index is 10.4. The Labute approximate surface area is 158 Å². The van der Waals surface area contributed by atoms with Crippen LogP contribution in [0, 0.1) is 0 Å². The van der Waals surface area contributed by atoms with Gasteiger partial charge in [0.15, 0.2) is 23.2 Å². The Morgan fingerprint density at radius 1 is 1.25 bits per heavy atom. The van der Waals surface area contributed by atoms with E-state index in [0.29, 0.717) is 5.69 Å². The lowest BCUT2D eigenvalue weighted by Gasteiger charge is -2.18. The molecular weight excluding hydrogens is 368 g/mol. The van der Waals surface area contributed by atoms with Gasteiger partial charge in [-0.25, -0.2) is 20.4 Å². The number of imidazole rings is 1. The number of rotatable bonds is 5. The molecular formula is C16H18N8O4. The third kappa shape index (κ3) is 3.14. The van der Waals surface area contributed by atoms with Crippen molar-refractivity contribution in [2.45, 2.75) is 24.5 Å². The highest BCUT2D eigenvalue weighted by Gasteiger charge is 2.45. The second-order valence-electron chi connectivity index (χ2n) is 6.09. The number of aliphatic hydroxyl groups excluding tert-OH is 3. The van der Waals surface area contributed by atoms with E-state index in [1.54, 1.807) is 18.3 Å². The second kappa shape index (κ2) is 7.44. The van der Waals surface area contributed by atoms with Gasteiger partial charge in [0.2, 0.25) is 5.95 Å². The number of ether oxygens (including phenoxy) is 1. The first kappa shape index (κ1) is 18.2. The van der Waals surface area contributed by atoms with E-state index in [1.807, 2.05) is 6.07 Å². The van der Waals surface area contributed by atoms with Crippen LogP contribution in [0.5, 0.6) is 0 Å². The van der Waals surface area contributed by atoms with Gasteiger partial charge in [-0.15, -0.1) is 0 Å². The summed E-state index contributed by atoms with van der Waals surface area (Å²) in [6.07, 6.45) is -0.275. The molecule has 0 aromatic carbocycles. The number of aromatic nitrogens is 5. The van der Waals surface area contributed by atoms with Gasteiger partial charge in [-0.1, -0.05) is 6.07 Å². The summed E-state index contributed by atoms with van der Waals surface area (Å²) in [6.45, 7) is -0.459. The molecule has 12 heteroatoms. The molecule has 1 aliphatic heterocycles. The summed E-state index contributed by atoms with van der Waals surface area (Å²) in [7, 11) is 0. The van der Waals surface area contributed by atoms with Crippen LogP contribution in [0.2, 0.25) is 0 Å². The van der Waals surface area contributed by atoms with Gasteiger partial charge in [0, 0.05) is 6.20 Å². The van der Waals surface area contributed by atoms with Gasteiger partial charge in [0.1, 0.15) is 24.6 Å². The lowest BCUT2D eigenvalue weighted by Crippen LogP contribution is -2.33. The van der Waals surface area contributed by atoms with Crippen LogP contribution in [0.4, 0.5) is 11.8 Å². The molecule has 0 amide bonds. The van der Waals surface area contributed by atoms with Gasteiger partial charge in [0.05, 0.1) is 18.5 Å². The minimum absolute atomic E-state index is 0.132. The smallest absolute Gasteiger partial charge is 0.228 e. The first-order valence-corrected chi connectivity index (χ1v) is 8.41. The molecule has 0 radical (unpaired) electrons. The van der Waals surface area contributed by atoms with E-state index in [1.165, 1.54) is 17.1 Å². The van der Waals surface area contributed by atoms with Crippen LogP contribution < -0.4 is 11.2 Å². The predicted octanol–water partition coefficient (Wildman–Crippen LogP) is -1.14. The van der Waals surface area contributed by atoms with Crippen molar-refractivity contribution in [3.63, 3.8) is 0 Å². The average Bonchev–Trinajstić information content (AvgIpc) is 3.21. The molecule has 1 fully saturated rings. The van der Waals surface area contributed by atoms with E-state index in [4.69, 9.17) is 10.5 Å². The summed E-state index contributed by atoms with van der Waals surface area (Å²) < 4.78 is 7.01. The van der Waals surface area contributed by atoms with E-state index in [-0.39, 0.29) is 22.9 Å². The van der Waals surface area contributed by atoms with Crippen LogP contribution >= 0.6 is 0 Å². The normalized spacial score (nSPS) is 25.0. The number of nitrogens with one attached hydrogen (secondary N) is 1. The van der Waals surface area contributed by atoms with Crippen molar-refractivity contribution in [3.05, 3.63) is 36.4 Å². The maximum absolute atomic E-state index is 10.4. The number of pyridine rings is 1. The summed E-state index contributed by atoms with van der Waals surface area (Å²) in [4.78, 5) is 16.5. The van der Waals surface area contributed by atoms with Crippen LogP contribution in [-0.2, 0) is 4.74 Å². The molecule has 4 heterocycles. The molecule has 3 aromatic heterocycles.